The molecule has 2 nitrogen and oxygen atoms in total. The summed E-state index contributed by atoms with van der Waals surface area (Å²) in [6.45, 7) is 2.67. The van der Waals surface area contributed by atoms with Crippen LogP contribution in [-0.4, -0.2) is 4.98 Å². The molecule has 0 aliphatic rings. The molecule has 0 unspecified atom stereocenters. The van der Waals surface area contributed by atoms with Crippen molar-refractivity contribution in [2.75, 3.05) is 0 Å². The van der Waals surface area contributed by atoms with Crippen LogP contribution >= 0.6 is 11.3 Å². The third kappa shape index (κ3) is 2.64. The fourth-order valence-corrected chi connectivity index (χ4v) is 2.88. The van der Waals surface area contributed by atoms with Crippen LogP contribution < -0.4 is 5.73 Å². The molecule has 0 radical (unpaired) electrons. The van der Waals surface area contributed by atoms with Crippen molar-refractivity contribution in [1.29, 1.82) is 0 Å². The average Bonchev–Trinajstić information content (AvgIpc) is 2.98. The Balaban J connectivity index is 1.91. The summed E-state index contributed by atoms with van der Waals surface area (Å²) in [5, 5.41) is 3.16. The van der Waals surface area contributed by atoms with Crippen LogP contribution in [0.1, 0.15) is 11.1 Å². The summed E-state index contributed by atoms with van der Waals surface area (Å²) in [4.78, 5) is 4.72. The van der Waals surface area contributed by atoms with Crippen LogP contribution in [-0.2, 0) is 6.54 Å². The molecule has 0 aliphatic carbocycles. The highest BCUT2D eigenvalue weighted by molar-refractivity contribution is 7.13. The number of nitrogens with two attached hydrogens (primary N) is 1. The van der Waals surface area contributed by atoms with Gasteiger partial charge in [0.25, 0.3) is 0 Å². The van der Waals surface area contributed by atoms with E-state index in [4.69, 9.17) is 10.7 Å². The van der Waals surface area contributed by atoms with Crippen molar-refractivity contribution < 1.29 is 0 Å². The van der Waals surface area contributed by atoms with E-state index in [9.17, 15) is 0 Å². The van der Waals surface area contributed by atoms with E-state index in [-0.39, 0.29) is 0 Å². The van der Waals surface area contributed by atoms with E-state index >= 15 is 0 Å². The van der Waals surface area contributed by atoms with Gasteiger partial charge in [-0.05, 0) is 12.5 Å². The average molecular weight is 280 g/mol. The standard InChI is InChI=1S/C17H16N2S/c1-12-2-6-15(7-3-12)17-19-16(11-20-17)14-8-4-13(10-18)5-9-14/h2-9,11H,10,18H2,1H3. The van der Waals surface area contributed by atoms with Crippen molar-refractivity contribution in [3.05, 3.63) is 65.0 Å². The third-order valence-corrected chi connectivity index (χ3v) is 4.18. The van der Waals surface area contributed by atoms with E-state index in [1.54, 1.807) is 11.3 Å². The normalized spacial score (nSPS) is 10.7. The summed E-state index contributed by atoms with van der Waals surface area (Å²) in [5.74, 6) is 0. The maximum atomic E-state index is 5.62. The number of thiazole rings is 1. The SMILES string of the molecule is Cc1ccc(-c2nc(-c3ccc(CN)cc3)cs2)cc1. The molecule has 20 heavy (non-hydrogen) atoms. The Bertz CT molecular complexity index is 697. The topological polar surface area (TPSA) is 38.9 Å². The van der Waals surface area contributed by atoms with Gasteiger partial charge in [0, 0.05) is 23.1 Å². The van der Waals surface area contributed by atoms with Crippen LogP contribution in [0.2, 0.25) is 0 Å². The molecule has 100 valence electrons. The lowest BCUT2D eigenvalue weighted by atomic mass is 10.1. The monoisotopic (exact) mass is 280 g/mol. The number of rotatable bonds is 3. The Hall–Kier alpha value is -1.97. The molecule has 0 saturated heterocycles. The second kappa shape index (κ2) is 5.57. The number of benzene rings is 2. The first-order valence-corrected chi connectivity index (χ1v) is 7.46. The first-order valence-electron chi connectivity index (χ1n) is 6.58. The van der Waals surface area contributed by atoms with Gasteiger partial charge in [-0.2, -0.15) is 0 Å². The highest BCUT2D eigenvalue weighted by Gasteiger charge is 2.06. The van der Waals surface area contributed by atoms with Crippen molar-refractivity contribution in [3.8, 4) is 21.8 Å². The highest BCUT2D eigenvalue weighted by Crippen LogP contribution is 2.29. The summed E-state index contributed by atoms with van der Waals surface area (Å²) in [6, 6.07) is 16.7. The molecule has 0 spiro atoms. The Kier molecular flexibility index (Phi) is 3.63. The molecular weight excluding hydrogens is 264 g/mol. The molecule has 0 bridgehead atoms. The molecular formula is C17H16N2S. The molecule has 0 amide bonds. The van der Waals surface area contributed by atoms with E-state index in [1.807, 2.05) is 0 Å². The molecule has 3 heteroatoms. The number of nitrogens with zero attached hydrogens (tertiary/aromatic N) is 1. The van der Waals surface area contributed by atoms with Crippen molar-refractivity contribution in [3.63, 3.8) is 0 Å². The van der Waals surface area contributed by atoms with Crippen LogP contribution in [0, 0.1) is 6.92 Å². The minimum Gasteiger partial charge on any atom is -0.326 e. The van der Waals surface area contributed by atoms with Crippen molar-refractivity contribution in [2.45, 2.75) is 13.5 Å². The van der Waals surface area contributed by atoms with Crippen LogP contribution in [0.25, 0.3) is 21.8 Å². The fourth-order valence-electron chi connectivity index (χ4n) is 2.05. The van der Waals surface area contributed by atoms with E-state index in [0.717, 1.165) is 21.8 Å². The number of hydrogen-bond donors (Lipinski definition) is 1. The number of aromatic nitrogens is 1. The smallest absolute Gasteiger partial charge is 0.124 e. The minimum atomic E-state index is 0.575. The minimum absolute atomic E-state index is 0.575. The van der Waals surface area contributed by atoms with Gasteiger partial charge in [-0.1, -0.05) is 54.1 Å². The van der Waals surface area contributed by atoms with Crippen LogP contribution in [0.3, 0.4) is 0 Å². The first-order chi connectivity index (χ1) is 9.76. The number of aryl methyl sites for hydroxylation is 1. The zero-order valence-corrected chi connectivity index (χ0v) is 12.2. The zero-order valence-electron chi connectivity index (χ0n) is 11.3. The third-order valence-electron chi connectivity index (χ3n) is 3.29. The molecule has 3 rings (SSSR count). The van der Waals surface area contributed by atoms with E-state index in [1.165, 1.54) is 11.1 Å². The van der Waals surface area contributed by atoms with Gasteiger partial charge in [0.1, 0.15) is 5.01 Å². The Labute approximate surface area is 122 Å². The van der Waals surface area contributed by atoms with Gasteiger partial charge in [-0.15, -0.1) is 11.3 Å². The predicted octanol–water partition coefficient (Wildman–Crippen LogP) is 4.24. The molecule has 3 aromatic rings. The molecule has 0 atom stereocenters. The summed E-state index contributed by atoms with van der Waals surface area (Å²) < 4.78 is 0. The van der Waals surface area contributed by atoms with Crippen molar-refractivity contribution in [1.82, 2.24) is 4.98 Å². The van der Waals surface area contributed by atoms with Crippen LogP contribution in [0.15, 0.2) is 53.9 Å². The molecule has 0 fully saturated rings. The summed E-state index contributed by atoms with van der Waals surface area (Å²) in [7, 11) is 0. The highest BCUT2D eigenvalue weighted by atomic mass is 32.1. The zero-order chi connectivity index (χ0) is 13.9. The summed E-state index contributed by atoms with van der Waals surface area (Å²) in [6.07, 6.45) is 0. The maximum absolute atomic E-state index is 5.62. The summed E-state index contributed by atoms with van der Waals surface area (Å²) >= 11 is 1.68. The Morgan fingerprint density at radius 1 is 0.950 bits per heavy atom. The first kappa shape index (κ1) is 13.0. The van der Waals surface area contributed by atoms with Crippen molar-refractivity contribution >= 4 is 11.3 Å². The fraction of sp³-hybridized carbons (Fsp3) is 0.118. The van der Waals surface area contributed by atoms with E-state index in [0.29, 0.717) is 6.54 Å². The van der Waals surface area contributed by atoms with Gasteiger partial charge in [0.2, 0.25) is 0 Å². The van der Waals surface area contributed by atoms with Gasteiger partial charge < -0.3 is 5.73 Å². The van der Waals surface area contributed by atoms with E-state index in [2.05, 4.69) is 60.8 Å². The molecule has 1 heterocycles. The largest absolute Gasteiger partial charge is 0.326 e. The van der Waals surface area contributed by atoms with Gasteiger partial charge in [0.15, 0.2) is 0 Å². The van der Waals surface area contributed by atoms with Crippen LogP contribution in [0.4, 0.5) is 0 Å². The summed E-state index contributed by atoms with van der Waals surface area (Å²) in [5.41, 5.74) is 11.4. The molecule has 0 saturated carbocycles. The molecule has 0 aliphatic heterocycles. The van der Waals surface area contributed by atoms with Gasteiger partial charge in [-0.3, -0.25) is 0 Å². The Morgan fingerprint density at radius 2 is 1.60 bits per heavy atom. The Morgan fingerprint density at radius 3 is 2.25 bits per heavy atom. The maximum Gasteiger partial charge on any atom is 0.124 e. The second-order valence-corrected chi connectivity index (χ2v) is 5.66. The van der Waals surface area contributed by atoms with Gasteiger partial charge >= 0.3 is 0 Å². The second-order valence-electron chi connectivity index (χ2n) is 4.80. The van der Waals surface area contributed by atoms with Crippen LogP contribution in [0.5, 0.6) is 0 Å². The predicted molar refractivity (Wildman–Crippen MR) is 85.6 cm³/mol. The number of hydrogen-bond acceptors (Lipinski definition) is 3. The lowest BCUT2D eigenvalue weighted by molar-refractivity contribution is 1.07. The molecule has 2 N–H and O–H groups in total. The molecule has 1 aromatic heterocycles. The van der Waals surface area contributed by atoms with E-state index < -0.39 is 0 Å². The molecule has 2 aromatic carbocycles. The van der Waals surface area contributed by atoms with Gasteiger partial charge in [0.05, 0.1) is 5.69 Å². The van der Waals surface area contributed by atoms with Gasteiger partial charge in [-0.25, -0.2) is 4.98 Å². The lowest BCUT2D eigenvalue weighted by Crippen LogP contribution is -1.95. The quantitative estimate of drug-likeness (QED) is 0.779. The van der Waals surface area contributed by atoms with Crippen molar-refractivity contribution in [2.24, 2.45) is 5.73 Å². The lowest BCUT2D eigenvalue weighted by Gasteiger charge is -2.00.